The summed E-state index contributed by atoms with van der Waals surface area (Å²) < 4.78 is 19.6. The van der Waals surface area contributed by atoms with Gasteiger partial charge in [0.25, 0.3) is 0 Å². The Morgan fingerprint density at radius 1 is 0.816 bits per heavy atom. The lowest BCUT2D eigenvalue weighted by atomic mass is 9.51. The number of carbonyl (C=O) groups is 4. The normalized spacial score (nSPS) is 29.6. The van der Waals surface area contributed by atoms with Gasteiger partial charge >= 0.3 is 0 Å². The molecular weight excluding hydrogens is 672 g/mol. The number of phenolic OH excluding ortho intramolecular Hbond substituents is 1. The summed E-state index contributed by atoms with van der Waals surface area (Å²) in [6.45, 7) is 4.49. The Hall–Kier alpha value is -4.25. The number of aromatic hydroxyl groups is 1. The highest BCUT2D eigenvalue weighted by Crippen LogP contribution is 2.64. The van der Waals surface area contributed by atoms with Crippen molar-refractivity contribution in [2.24, 2.45) is 29.1 Å². The van der Waals surface area contributed by atoms with Gasteiger partial charge in [-0.3, -0.25) is 24.1 Å². The number of halogens is 3. The molecule has 49 heavy (non-hydrogen) atoms. The highest BCUT2D eigenvalue weighted by Gasteiger charge is 2.68. The zero-order valence-corrected chi connectivity index (χ0v) is 28.0. The largest absolute Gasteiger partial charge is 0.508 e. The molecule has 9 nitrogen and oxygen atoms in total. The monoisotopic (exact) mass is 703 g/mol. The van der Waals surface area contributed by atoms with Gasteiger partial charge in [0.2, 0.25) is 23.6 Å². The summed E-state index contributed by atoms with van der Waals surface area (Å²) in [7, 11) is 0. The third kappa shape index (κ3) is 4.75. The Bertz CT molecular complexity index is 1960. The van der Waals surface area contributed by atoms with Gasteiger partial charge in [-0.15, -0.1) is 0 Å². The minimum Gasteiger partial charge on any atom is -0.508 e. The number of ether oxygens (including phenoxy) is 1. The van der Waals surface area contributed by atoms with Crippen LogP contribution in [0, 0.1) is 34.9 Å². The molecule has 3 aliphatic heterocycles. The number of morpholine rings is 1. The topological polar surface area (TPSA) is 107 Å². The van der Waals surface area contributed by atoms with Crippen LogP contribution < -0.4 is 14.7 Å². The molecule has 0 aromatic heterocycles. The van der Waals surface area contributed by atoms with Gasteiger partial charge in [0.1, 0.15) is 11.6 Å². The predicted molar refractivity (Wildman–Crippen MR) is 181 cm³/mol. The number of anilines is 3. The minimum absolute atomic E-state index is 0.0660. The van der Waals surface area contributed by atoms with Gasteiger partial charge in [0.05, 0.1) is 52.8 Å². The first-order valence-electron chi connectivity index (χ1n) is 16.3. The summed E-state index contributed by atoms with van der Waals surface area (Å²) in [5.74, 6) is -5.99. The van der Waals surface area contributed by atoms with Gasteiger partial charge in [-0.25, -0.2) is 9.29 Å². The summed E-state index contributed by atoms with van der Waals surface area (Å²) in [5.41, 5.74) is 1.53. The molecule has 3 saturated heterocycles. The second kappa shape index (κ2) is 11.7. The number of fused-ring (bicyclic) bond motifs is 4. The van der Waals surface area contributed by atoms with Crippen LogP contribution in [0.4, 0.5) is 21.5 Å². The number of benzene rings is 3. The quantitative estimate of drug-likeness (QED) is 0.258. The van der Waals surface area contributed by atoms with Crippen LogP contribution in [0.2, 0.25) is 10.0 Å². The average Bonchev–Trinajstić information content (AvgIpc) is 3.46. The fourth-order valence-corrected chi connectivity index (χ4v) is 9.33. The van der Waals surface area contributed by atoms with Crippen LogP contribution in [0.1, 0.15) is 31.2 Å². The molecule has 5 aliphatic rings. The number of carbonyl (C=O) groups excluding carboxylic acids is 4. The van der Waals surface area contributed by atoms with Crippen LogP contribution in [-0.4, -0.2) is 55.0 Å². The molecule has 2 aliphatic carbocycles. The van der Waals surface area contributed by atoms with Crippen LogP contribution >= 0.6 is 23.2 Å². The van der Waals surface area contributed by atoms with E-state index >= 15 is 0 Å². The van der Waals surface area contributed by atoms with Crippen molar-refractivity contribution in [1.29, 1.82) is 0 Å². The first kappa shape index (κ1) is 32.0. The average molecular weight is 705 g/mol. The zero-order valence-electron chi connectivity index (χ0n) is 26.4. The summed E-state index contributed by atoms with van der Waals surface area (Å²) in [6.07, 6.45) is 2.36. The molecule has 1 saturated carbocycles. The van der Waals surface area contributed by atoms with E-state index in [1.165, 1.54) is 29.2 Å². The van der Waals surface area contributed by atoms with Crippen LogP contribution in [0.25, 0.3) is 0 Å². The molecule has 4 fully saturated rings. The van der Waals surface area contributed by atoms with Crippen molar-refractivity contribution >= 4 is 63.9 Å². The van der Waals surface area contributed by atoms with Crippen LogP contribution in [0.15, 0.2) is 72.3 Å². The second-order valence-electron chi connectivity index (χ2n) is 13.6. The van der Waals surface area contributed by atoms with Gasteiger partial charge in [0.15, 0.2) is 0 Å². The Morgan fingerprint density at radius 3 is 2.20 bits per heavy atom. The predicted octanol–water partition coefficient (Wildman–Crippen LogP) is 6.11. The molecule has 1 N–H and O–H groups in total. The molecule has 252 valence electrons. The number of hydrogen-bond acceptors (Lipinski definition) is 7. The lowest BCUT2D eigenvalue weighted by molar-refractivity contribution is -0.131. The van der Waals surface area contributed by atoms with Gasteiger partial charge in [0, 0.05) is 29.7 Å². The summed E-state index contributed by atoms with van der Waals surface area (Å²) in [5, 5.41) is 10.2. The van der Waals surface area contributed by atoms with Crippen molar-refractivity contribution in [3.8, 4) is 5.75 Å². The minimum atomic E-state index is -1.35. The third-order valence-corrected chi connectivity index (χ3v) is 11.8. The van der Waals surface area contributed by atoms with E-state index < -0.39 is 52.6 Å². The Morgan fingerprint density at radius 2 is 1.51 bits per heavy atom. The van der Waals surface area contributed by atoms with Crippen molar-refractivity contribution < 1.29 is 33.4 Å². The van der Waals surface area contributed by atoms with E-state index in [9.17, 15) is 28.7 Å². The number of imide groups is 2. The fourth-order valence-electron chi connectivity index (χ4n) is 8.87. The van der Waals surface area contributed by atoms with Gasteiger partial charge < -0.3 is 14.7 Å². The molecule has 3 aromatic rings. The highest BCUT2D eigenvalue weighted by atomic mass is 35.5. The first-order chi connectivity index (χ1) is 23.5. The maximum Gasteiger partial charge on any atom is 0.241 e. The second-order valence-corrected chi connectivity index (χ2v) is 14.4. The van der Waals surface area contributed by atoms with Crippen molar-refractivity contribution in [1.82, 2.24) is 0 Å². The van der Waals surface area contributed by atoms with E-state index in [0.29, 0.717) is 24.5 Å². The summed E-state index contributed by atoms with van der Waals surface area (Å²) >= 11 is 12.8. The number of amides is 4. The van der Waals surface area contributed by atoms with Crippen molar-refractivity contribution in [2.75, 3.05) is 41.0 Å². The standard InChI is InChI=1S/C37H32Cl2FN3O6/c1-37-27(34(46)43(36(37)48)21-6-11-30(40)29(39)16-21)18-26-23(32(37)24-8-7-22(44)17-28(24)38)9-10-25-31(26)35(47)42(33(25)45)20-4-2-19(3-5-20)41-12-14-49-15-13-41/h2-9,11,16-17,25-27,31-32,44H,10,12-15,18H2,1H3. The molecule has 3 heterocycles. The van der Waals surface area contributed by atoms with E-state index in [1.807, 2.05) is 18.2 Å². The van der Waals surface area contributed by atoms with Crippen LogP contribution in [0.5, 0.6) is 5.75 Å². The maximum absolute atomic E-state index is 14.5. The number of allylic oxidation sites excluding steroid dienone is 2. The van der Waals surface area contributed by atoms with Crippen molar-refractivity contribution in [2.45, 2.75) is 25.7 Å². The number of hydrogen-bond donors (Lipinski definition) is 1. The molecule has 0 bridgehead atoms. The molecule has 0 spiro atoms. The van der Waals surface area contributed by atoms with E-state index in [1.54, 1.807) is 25.1 Å². The Balaban J connectivity index is 1.19. The molecule has 3 aromatic carbocycles. The Labute approximate surface area is 291 Å². The molecule has 12 heteroatoms. The lowest BCUT2D eigenvalue weighted by Crippen LogP contribution is -2.49. The molecule has 6 atom stereocenters. The maximum atomic E-state index is 14.5. The smallest absolute Gasteiger partial charge is 0.241 e. The summed E-state index contributed by atoms with van der Waals surface area (Å²) in [4.78, 5) is 61.8. The van der Waals surface area contributed by atoms with Gasteiger partial charge in [-0.2, -0.15) is 0 Å². The molecule has 6 unspecified atom stereocenters. The molecule has 0 radical (unpaired) electrons. The van der Waals surface area contributed by atoms with Crippen molar-refractivity contribution in [3.63, 3.8) is 0 Å². The Kier molecular flexibility index (Phi) is 7.62. The fraction of sp³-hybridized carbons (Fsp3) is 0.351. The van der Waals surface area contributed by atoms with E-state index in [2.05, 4.69) is 4.90 Å². The van der Waals surface area contributed by atoms with Gasteiger partial charge in [-0.1, -0.05) is 40.9 Å². The highest BCUT2D eigenvalue weighted by molar-refractivity contribution is 6.32. The SMILES string of the molecule is CC12C(=O)N(c3ccc(F)c(Cl)c3)C(=O)C1CC1C(=CCC3C(=O)N(c4ccc(N5CCOCC5)cc4)C(=O)C31)C2c1ccc(O)cc1Cl. The number of phenols is 1. The van der Waals surface area contributed by atoms with Crippen LogP contribution in [-0.2, 0) is 23.9 Å². The third-order valence-electron chi connectivity index (χ3n) is 11.2. The number of rotatable bonds is 4. The van der Waals surface area contributed by atoms with Crippen molar-refractivity contribution in [3.05, 3.63) is 93.7 Å². The molecular formula is C37H32Cl2FN3O6. The van der Waals surface area contributed by atoms with Gasteiger partial charge in [-0.05, 0) is 85.8 Å². The van der Waals surface area contributed by atoms with E-state index in [-0.39, 0.29) is 46.1 Å². The molecule has 4 amide bonds. The van der Waals surface area contributed by atoms with E-state index in [4.69, 9.17) is 27.9 Å². The lowest BCUT2D eigenvalue weighted by Gasteiger charge is -2.49. The van der Waals surface area contributed by atoms with Crippen LogP contribution in [0.3, 0.4) is 0 Å². The zero-order chi connectivity index (χ0) is 34.4. The van der Waals surface area contributed by atoms with E-state index in [0.717, 1.165) is 35.3 Å². The summed E-state index contributed by atoms with van der Waals surface area (Å²) in [6, 6.07) is 15.6. The molecule has 8 rings (SSSR count). The first-order valence-corrected chi connectivity index (χ1v) is 17.1. The number of nitrogens with zero attached hydrogens (tertiary/aromatic N) is 3.